The number of nitrogens with one attached hydrogen (secondary N) is 1. The number of aryl methyl sites for hydroxylation is 1. The number of rotatable bonds is 5. The van der Waals surface area contributed by atoms with Crippen molar-refractivity contribution in [2.75, 3.05) is 13.1 Å². The maximum atomic E-state index is 4.25. The SMILES string of the molecule is CCC1(C)CN(Cc2cn(C)nn2)C(CC(C)C)CN1. The van der Waals surface area contributed by atoms with Gasteiger partial charge in [0.2, 0.25) is 0 Å². The van der Waals surface area contributed by atoms with E-state index in [0.29, 0.717) is 6.04 Å². The van der Waals surface area contributed by atoms with Crippen LogP contribution in [-0.2, 0) is 13.6 Å². The van der Waals surface area contributed by atoms with Crippen molar-refractivity contribution in [1.82, 2.24) is 25.2 Å². The molecule has 0 amide bonds. The molecule has 1 aromatic heterocycles. The van der Waals surface area contributed by atoms with Crippen LogP contribution in [0.5, 0.6) is 0 Å². The fourth-order valence-electron chi connectivity index (χ4n) is 3.00. The summed E-state index contributed by atoms with van der Waals surface area (Å²) in [4.78, 5) is 2.59. The number of nitrogens with zero attached hydrogens (tertiary/aromatic N) is 4. The molecule has 0 aliphatic carbocycles. The third kappa shape index (κ3) is 3.79. The Morgan fingerprint density at radius 2 is 2.25 bits per heavy atom. The van der Waals surface area contributed by atoms with E-state index in [1.165, 1.54) is 6.42 Å². The van der Waals surface area contributed by atoms with Crippen LogP contribution in [0, 0.1) is 5.92 Å². The van der Waals surface area contributed by atoms with Crippen LogP contribution in [0.2, 0.25) is 0 Å². The first kappa shape index (κ1) is 15.4. The van der Waals surface area contributed by atoms with E-state index in [0.717, 1.165) is 37.7 Å². The standard InChI is InChI=1S/C15H29N5/c1-6-15(4)11-20(10-13-9-19(5)18-17-13)14(8-16-15)7-12(2)3/h9,12,14,16H,6-8,10-11H2,1-5H3. The summed E-state index contributed by atoms with van der Waals surface area (Å²) >= 11 is 0. The molecule has 1 fully saturated rings. The van der Waals surface area contributed by atoms with Crippen LogP contribution in [0.15, 0.2) is 6.20 Å². The highest BCUT2D eigenvalue weighted by molar-refractivity contribution is 4.99. The zero-order chi connectivity index (χ0) is 14.8. The Bertz CT molecular complexity index is 428. The van der Waals surface area contributed by atoms with Crippen LogP contribution in [0.1, 0.15) is 46.2 Å². The van der Waals surface area contributed by atoms with Gasteiger partial charge in [-0.15, -0.1) is 5.10 Å². The normalized spacial score (nSPS) is 28.2. The van der Waals surface area contributed by atoms with Gasteiger partial charge in [0, 0.05) is 44.5 Å². The summed E-state index contributed by atoms with van der Waals surface area (Å²) in [6.07, 6.45) is 4.41. The van der Waals surface area contributed by atoms with Gasteiger partial charge in [0.15, 0.2) is 0 Å². The van der Waals surface area contributed by atoms with Gasteiger partial charge in [-0.1, -0.05) is 26.0 Å². The lowest BCUT2D eigenvalue weighted by Gasteiger charge is -2.46. The molecule has 0 aromatic carbocycles. The second-order valence-electron chi connectivity index (χ2n) is 6.87. The Kier molecular flexibility index (Phi) is 4.81. The van der Waals surface area contributed by atoms with Crippen LogP contribution in [0.25, 0.3) is 0 Å². The molecule has 5 nitrogen and oxygen atoms in total. The summed E-state index contributed by atoms with van der Waals surface area (Å²) in [6.45, 7) is 12.2. The Morgan fingerprint density at radius 3 is 2.80 bits per heavy atom. The highest BCUT2D eigenvalue weighted by atomic mass is 15.4. The molecular formula is C15H29N5. The minimum absolute atomic E-state index is 0.218. The molecule has 20 heavy (non-hydrogen) atoms. The summed E-state index contributed by atoms with van der Waals surface area (Å²) in [5, 5.41) is 12.0. The molecule has 1 saturated heterocycles. The first-order chi connectivity index (χ1) is 9.42. The third-order valence-electron chi connectivity index (χ3n) is 4.37. The molecular weight excluding hydrogens is 250 g/mol. The minimum atomic E-state index is 0.218. The zero-order valence-electron chi connectivity index (χ0n) is 13.6. The molecule has 2 unspecified atom stereocenters. The van der Waals surface area contributed by atoms with E-state index in [1.807, 2.05) is 13.2 Å². The van der Waals surface area contributed by atoms with Crippen LogP contribution in [0.4, 0.5) is 0 Å². The van der Waals surface area contributed by atoms with Crippen LogP contribution < -0.4 is 5.32 Å². The number of aromatic nitrogens is 3. The predicted molar refractivity (Wildman–Crippen MR) is 81.4 cm³/mol. The molecule has 1 aliphatic rings. The number of hydrogen-bond acceptors (Lipinski definition) is 4. The molecule has 0 spiro atoms. The minimum Gasteiger partial charge on any atom is -0.309 e. The molecule has 2 rings (SSSR count). The van der Waals surface area contributed by atoms with Crippen molar-refractivity contribution in [2.45, 2.75) is 58.7 Å². The van der Waals surface area contributed by atoms with Gasteiger partial charge in [0.25, 0.3) is 0 Å². The van der Waals surface area contributed by atoms with Crippen molar-refractivity contribution < 1.29 is 0 Å². The molecule has 1 N–H and O–H groups in total. The van der Waals surface area contributed by atoms with Crippen molar-refractivity contribution >= 4 is 0 Å². The lowest BCUT2D eigenvalue weighted by molar-refractivity contribution is 0.0654. The smallest absolute Gasteiger partial charge is 0.0967 e. The average Bonchev–Trinajstić information content (AvgIpc) is 2.78. The van der Waals surface area contributed by atoms with Crippen molar-refractivity contribution in [3.8, 4) is 0 Å². The maximum Gasteiger partial charge on any atom is 0.0967 e. The van der Waals surface area contributed by atoms with Crippen LogP contribution in [-0.4, -0.2) is 44.6 Å². The highest BCUT2D eigenvalue weighted by Gasteiger charge is 2.34. The van der Waals surface area contributed by atoms with E-state index < -0.39 is 0 Å². The zero-order valence-corrected chi connectivity index (χ0v) is 13.6. The van der Waals surface area contributed by atoms with Gasteiger partial charge in [0.05, 0.1) is 5.69 Å². The van der Waals surface area contributed by atoms with Gasteiger partial charge in [-0.2, -0.15) is 0 Å². The van der Waals surface area contributed by atoms with E-state index in [-0.39, 0.29) is 5.54 Å². The van der Waals surface area contributed by atoms with Crippen molar-refractivity contribution in [2.24, 2.45) is 13.0 Å². The van der Waals surface area contributed by atoms with Gasteiger partial charge >= 0.3 is 0 Å². The van der Waals surface area contributed by atoms with Crippen molar-refractivity contribution in [1.29, 1.82) is 0 Å². The Balaban J connectivity index is 2.08. The van der Waals surface area contributed by atoms with E-state index in [1.54, 1.807) is 4.68 Å². The monoisotopic (exact) mass is 279 g/mol. The molecule has 114 valence electrons. The van der Waals surface area contributed by atoms with E-state index in [2.05, 4.69) is 48.2 Å². The summed E-state index contributed by atoms with van der Waals surface area (Å²) in [5.74, 6) is 0.720. The second-order valence-corrected chi connectivity index (χ2v) is 6.87. The van der Waals surface area contributed by atoms with Crippen molar-refractivity contribution in [3.05, 3.63) is 11.9 Å². The number of piperazine rings is 1. The quantitative estimate of drug-likeness (QED) is 0.893. The molecule has 2 atom stereocenters. The fraction of sp³-hybridized carbons (Fsp3) is 0.867. The molecule has 5 heteroatoms. The topological polar surface area (TPSA) is 46.0 Å². The van der Waals surface area contributed by atoms with E-state index in [4.69, 9.17) is 0 Å². The summed E-state index contributed by atoms with van der Waals surface area (Å²) < 4.78 is 1.79. The summed E-state index contributed by atoms with van der Waals surface area (Å²) in [5.41, 5.74) is 1.29. The maximum absolute atomic E-state index is 4.25. The number of hydrogen-bond donors (Lipinski definition) is 1. The van der Waals surface area contributed by atoms with Gasteiger partial charge in [0.1, 0.15) is 0 Å². The van der Waals surface area contributed by atoms with Gasteiger partial charge < -0.3 is 5.32 Å². The van der Waals surface area contributed by atoms with Crippen LogP contribution in [0.3, 0.4) is 0 Å². The molecule has 0 radical (unpaired) electrons. The Morgan fingerprint density at radius 1 is 1.50 bits per heavy atom. The van der Waals surface area contributed by atoms with E-state index in [9.17, 15) is 0 Å². The van der Waals surface area contributed by atoms with Gasteiger partial charge in [-0.3, -0.25) is 9.58 Å². The highest BCUT2D eigenvalue weighted by Crippen LogP contribution is 2.23. The second kappa shape index (κ2) is 6.22. The molecule has 0 saturated carbocycles. The molecule has 2 heterocycles. The Labute approximate surface area is 122 Å². The first-order valence-corrected chi connectivity index (χ1v) is 7.76. The predicted octanol–water partition coefficient (Wildman–Crippen LogP) is 1.80. The molecule has 1 aromatic rings. The Hall–Kier alpha value is -0.940. The van der Waals surface area contributed by atoms with Gasteiger partial charge in [-0.05, 0) is 25.7 Å². The molecule has 0 bridgehead atoms. The average molecular weight is 279 g/mol. The summed E-state index contributed by atoms with van der Waals surface area (Å²) in [7, 11) is 1.93. The molecule has 1 aliphatic heterocycles. The van der Waals surface area contributed by atoms with Crippen LogP contribution >= 0.6 is 0 Å². The fourth-order valence-corrected chi connectivity index (χ4v) is 3.00. The largest absolute Gasteiger partial charge is 0.309 e. The van der Waals surface area contributed by atoms with Gasteiger partial charge in [-0.25, -0.2) is 0 Å². The first-order valence-electron chi connectivity index (χ1n) is 7.76. The lowest BCUT2D eigenvalue weighted by Crippen LogP contribution is -2.62. The summed E-state index contributed by atoms with van der Waals surface area (Å²) in [6, 6.07) is 0.594. The van der Waals surface area contributed by atoms with Crippen molar-refractivity contribution in [3.63, 3.8) is 0 Å². The van der Waals surface area contributed by atoms with E-state index >= 15 is 0 Å². The lowest BCUT2D eigenvalue weighted by atomic mass is 9.90. The third-order valence-corrected chi connectivity index (χ3v) is 4.37.